The van der Waals surface area contributed by atoms with Crippen LogP contribution in [0.1, 0.15) is 32.7 Å². The normalized spacial score (nSPS) is 12.6. The van der Waals surface area contributed by atoms with Crippen molar-refractivity contribution in [1.29, 1.82) is 0 Å². The molecule has 150 valence electrons. The van der Waals surface area contributed by atoms with Crippen molar-refractivity contribution in [3.63, 3.8) is 0 Å². The number of hydrogen-bond donors (Lipinski definition) is 0. The van der Waals surface area contributed by atoms with Crippen molar-refractivity contribution in [3.8, 4) is 17.6 Å². The molecule has 0 unspecified atom stereocenters. The number of rotatable bonds is 2. The second kappa shape index (κ2) is 8.34. The summed E-state index contributed by atoms with van der Waals surface area (Å²) in [5.74, 6) is 5.27. The van der Waals surface area contributed by atoms with Crippen molar-refractivity contribution in [3.05, 3.63) is 94.3 Å². The number of amides is 1. The van der Waals surface area contributed by atoms with Crippen LogP contribution < -0.4 is 4.74 Å². The highest BCUT2D eigenvalue weighted by atomic mass is 19.1. The van der Waals surface area contributed by atoms with Crippen LogP contribution in [0.25, 0.3) is 0 Å². The molecule has 6 heteroatoms. The maximum absolute atomic E-state index is 14.2. The molecule has 0 atom stereocenters. The van der Waals surface area contributed by atoms with E-state index in [0.717, 1.165) is 12.1 Å². The minimum atomic E-state index is -0.499. The second-order valence-electron chi connectivity index (χ2n) is 6.84. The molecule has 0 saturated carbocycles. The highest BCUT2D eigenvalue weighted by Crippen LogP contribution is 2.26. The first kappa shape index (κ1) is 19.6. The molecule has 1 aliphatic heterocycles. The van der Waals surface area contributed by atoms with Gasteiger partial charge in [-0.25, -0.2) is 13.8 Å². The summed E-state index contributed by atoms with van der Waals surface area (Å²) < 4.78 is 33.5. The van der Waals surface area contributed by atoms with Gasteiger partial charge in [0, 0.05) is 30.4 Å². The van der Waals surface area contributed by atoms with Gasteiger partial charge in [-0.1, -0.05) is 12.0 Å². The number of carbonyl (C=O) groups excluding carboxylic acids is 1. The van der Waals surface area contributed by atoms with E-state index in [2.05, 4.69) is 16.8 Å². The molecule has 30 heavy (non-hydrogen) atoms. The number of hydrogen-bond acceptors (Lipinski definition) is 3. The molecule has 0 spiro atoms. The van der Waals surface area contributed by atoms with Crippen LogP contribution in [0.2, 0.25) is 0 Å². The van der Waals surface area contributed by atoms with Crippen molar-refractivity contribution in [1.82, 2.24) is 9.88 Å². The van der Waals surface area contributed by atoms with E-state index in [0.29, 0.717) is 34.7 Å². The summed E-state index contributed by atoms with van der Waals surface area (Å²) in [5, 5.41) is 0. The Morgan fingerprint density at radius 3 is 2.60 bits per heavy atom. The molecule has 0 aliphatic carbocycles. The summed E-state index contributed by atoms with van der Waals surface area (Å²) in [7, 11) is 1.53. The summed E-state index contributed by atoms with van der Waals surface area (Å²) in [6.07, 6.45) is 1.92. The Kier molecular flexibility index (Phi) is 5.44. The molecule has 1 amide bonds. The van der Waals surface area contributed by atoms with Gasteiger partial charge >= 0.3 is 0 Å². The minimum absolute atomic E-state index is 0.0265. The van der Waals surface area contributed by atoms with Gasteiger partial charge in [0.05, 0.1) is 12.7 Å². The lowest BCUT2D eigenvalue weighted by atomic mass is 9.97. The predicted octanol–water partition coefficient (Wildman–Crippen LogP) is 3.97. The van der Waals surface area contributed by atoms with Gasteiger partial charge in [0.1, 0.15) is 23.1 Å². The first-order valence-corrected chi connectivity index (χ1v) is 9.43. The average molecular weight is 404 g/mol. The van der Waals surface area contributed by atoms with Crippen LogP contribution >= 0.6 is 0 Å². The number of ether oxygens (including phenoxy) is 1. The SMILES string of the molecule is COc1ccc(C(=O)N2CCc3c(F)ccc(F)c3C2)cc1C#Cc1ccccn1. The molecule has 0 saturated heterocycles. The molecular weight excluding hydrogens is 386 g/mol. The third-order valence-corrected chi connectivity index (χ3v) is 5.02. The lowest BCUT2D eigenvalue weighted by Crippen LogP contribution is -2.37. The molecule has 1 aliphatic rings. The molecule has 2 aromatic carbocycles. The number of methoxy groups -OCH3 is 1. The van der Waals surface area contributed by atoms with Crippen LogP contribution in [0.4, 0.5) is 8.78 Å². The summed E-state index contributed by atoms with van der Waals surface area (Å²) in [5.41, 5.74) is 2.13. The smallest absolute Gasteiger partial charge is 0.254 e. The van der Waals surface area contributed by atoms with Gasteiger partial charge in [0.2, 0.25) is 0 Å². The Morgan fingerprint density at radius 1 is 1.07 bits per heavy atom. The fourth-order valence-corrected chi connectivity index (χ4v) is 3.46. The van der Waals surface area contributed by atoms with Gasteiger partial charge in [0.15, 0.2) is 0 Å². The Balaban J connectivity index is 1.62. The highest BCUT2D eigenvalue weighted by Gasteiger charge is 2.26. The van der Waals surface area contributed by atoms with Gasteiger partial charge in [-0.2, -0.15) is 0 Å². The highest BCUT2D eigenvalue weighted by molar-refractivity contribution is 5.95. The Labute approximate surface area is 173 Å². The third-order valence-electron chi connectivity index (χ3n) is 5.02. The molecule has 1 aromatic heterocycles. The fourth-order valence-electron chi connectivity index (χ4n) is 3.46. The van der Waals surface area contributed by atoms with Crippen LogP contribution in [-0.2, 0) is 13.0 Å². The van der Waals surface area contributed by atoms with Crippen molar-refractivity contribution in [2.45, 2.75) is 13.0 Å². The first-order valence-electron chi connectivity index (χ1n) is 9.43. The maximum atomic E-state index is 14.2. The quantitative estimate of drug-likeness (QED) is 0.607. The molecule has 4 rings (SSSR count). The van der Waals surface area contributed by atoms with E-state index in [1.807, 2.05) is 6.07 Å². The number of aromatic nitrogens is 1. The Morgan fingerprint density at radius 2 is 1.87 bits per heavy atom. The minimum Gasteiger partial charge on any atom is -0.495 e. The Hall–Kier alpha value is -3.72. The van der Waals surface area contributed by atoms with E-state index in [1.54, 1.807) is 36.5 Å². The number of halogens is 2. The molecule has 4 nitrogen and oxygen atoms in total. The summed E-state index contributed by atoms with van der Waals surface area (Å²) in [6.45, 7) is 0.339. The molecule has 0 N–H and O–H groups in total. The van der Waals surface area contributed by atoms with Crippen molar-refractivity contribution >= 4 is 5.91 Å². The average Bonchev–Trinajstić information content (AvgIpc) is 2.80. The zero-order valence-electron chi connectivity index (χ0n) is 16.3. The standard InChI is InChI=1S/C24H18F2N2O2/c1-30-23-10-6-17(14-16(23)5-7-18-4-2-3-12-27-18)24(29)28-13-11-19-20(15-28)22(26)9-8-21(19)25/h2-4,6,8-10,12,14H,11,13,15H2,1H3. The molecule has 2 heterocycles. The number of fused-ring (bicyclic) bond motifs is 1. The van der Waals surface area contributed by atoms with Crippen LogP contribution in [0, 0.1) is 23.5 Å². The van der Waals surface area contributed by atoms with Crippen LogP contribution in [0.15, 0.2) is 54.7 Å². The second-order valence-corrected chi connectivity index (χ2v) is 6.84. The summed E-state index contributed by atoms with van der Waals surface area (Å²) in [4.78, 5) is 18.7. The van der Waals surface area contributed by atoms with E-state index >= 15 is 0 Å². The first-order chi connectivity index (χ1) is 14.6. The van der Waals surface area contributed by atoms with Crippen LogP contribution in [0.3, 0.4) is 0 Å². The van der Waals surface area contributed by atoms with Gasteiger partial charge < -0.3 is 9.64 Å². The monoisotopic (exact) mass is 404 g/mol. The fraction of sp³-hybridized carbons (Fsp3) is 0.167. The van der Waals surface area contributed by atoms with E-state index < -0.39 is 11.6 Å². The Bertz CT molecular complexity index is 1170. The number of carbonyl (C=O) groups is 1. The topological polar surface area (TPSA) is 42.4 Å². The molecule has 0 fully saturated rings. The lowest BCUT2D eigenvalue weighted by Gasteiger charge is -2.29. The summed E-state index contributed by atoms with van der Waals surface area (Å²) in [6, 6.07) is 12.6. The molecular formula is C24H18F2N2O2. The van der Waals surface area contributed by atoms with E-state index in [4.69, 9.17) is 4.74 Å². The largest absolute Gasteiger partial charge is 0.495 e. The van der Waals surface area contributed by atoms with Crippen molar-refractivity contribution in [2.75, 3.05) is 13.7 Å². The number of pyridine rings is 1. The zero-order chi connectivity index (χ0) is 21.1. The van der Waals surface area contributed by atoms with Crippen molar-refractivity contribution in [2.24, 2.45) is 0 Å². The maximum Gasteiger partial charge on any atom is 0.254 e. The van der Waals surface area contributed by atoms with Crippen LogP contribution in [0.5, 0.6) is 5.75 Å². The number of benzene rings is 2. The van der Waals surface area contributed by atoms with E-state index in [-0.39, 0.29) is 24.4 Å². The van der Waals surface area contributed by atoms with Gasteiger partial charge in [-0.05, 0) is 60.4 Å². The lowest BCUT2D eigenvalue weighted by molar-refractivity contribution is 0.0731. The van der Waals surface area contributed by atoms with Crippen LogP contribution in [-0.4, -0.2) is 29.4 Å². The van der Waals surface area contributed by atoms with Gasteiger partial charge in [0.25, 0.3) is 5.91 Å². The molecule has 0 bridgehead atoms. The molecule has 0 radical (unpaired) electrons. The third kappa shape index (κ3) is 3.87. The number of nitrogens with zero attached hydrogens (tertiary/aromatic N) is 2. The van der Waals surface area contributed by atoms with Gasteiger partial charge in [-0.15, -0.1) is 0 Å². The zero-order valence-corrected chi connectivity index (χ0v) is 16.3. The summed E-state index contributed by atoms with van der Waals surface area (Å²) >= 11 is 0. The predicted molar refractivity (Wildman–Crippen MR) is 108 cm³/mol. The van der Waals surface area contributed by atoms with Gasteiger partial charge in [-0.3, -0.25) is 4.79 Å². The van der Waals surface area contributed by atoms with E-state index in [9.17, 15) is 13.6 Å². The van der Waals surface area contributed by atoms with Crippen molar-refractivity contribution < 1.29 is 18.3 Å². The molecule has 3 aromatic rings. The van der Waals surface area contributed by atoms with E-state index in [1.165, 1.54) is 12.0 Å².